The summed E-state index contributed by atoms with van der Waals surface area (Å²) in [5, 5.41) is 10.4. The average Bonchev–Trinajstić information content (AvgIpc) is 3.56. The van der Waals surface area contributed by atoms with Gasteiger partial charge in [-0.05, 0) is 37.1 Å². The third-order valence-electron chi connectivity index (χ3n) is 6.94. The number of halogens is 1. The molecule has 2 aliphatic heterocycles. The normalized spacial score (nSPS) is 26.8. The first-order valence-corrected chi connectivity index (χ1v) is 12.5. The van der Waals surface area contributed by atoms with Gasteiger partial charge in [0.05, 0.1) is 33.3 Å². The molecule has 8 nitrogen and oxygen atoms in total. The van der Waals surface area contributed by atoms with E-state index in [1.54, 1.807) is 18.3 Å². The number of alkyl halides is 1. The van der Waals surface area contributed by atoms with Gasteiger partial charge in [0.1, 0.15) is 18.3 Å². The fourth-order valence-electron chi connectivity index (χ4n) is 5.34. The standard InChI is InChI=1S/C23H25ClN4O4S/c24-14-12-28(20-16(29)13-32-21(14)20)23(8-2-1-3-9-23)19(30)11-25-22(31)18-7-6-17(33-18)15-5-4-10-26-27-15/h4-7,10,14,20-21H,1-3,8-9,11-13H2,(H,25,31)/t14-,20+,21+/m0/s1. The van der Waals surface area contributed by atoms with Gasteiger partial charge in [-0.15, -0.1) is 28.0 Å². The molecule has 4 heterocycles. The van der Waals surface area contributed by atoms with Crippen molar-refractivity contribution in [2.75, 3.05) is 19.7 Å². The molecule has 1 aliphatic carbocycles. The summed E-state index contributed by atoms with van der Waals surface area (Å²) < 4.78 is 5.63. The second-order valence-corrected chi connectivity index (χ2v) is 10.5. The molecule has 2 aromatic rings. The Morgan fingerprint density at radius 3 is 2.82 bits per heavy atom. The number of carbonyl (C=O) groups excluding carboxylic acids is 3. The van der Waals surface area contributed by atoms with E-state index in [1.807, 2.05) is 17.0 Å². The van der Waals surface area contributed by atoms with Crippen LogP contribution in [-0.4, -0.2) is 75.3 Å². The summed E-state index contributed by atoms with van der Waals surface area (Å²) in [5.74, 6) is -0.380. The van der Waals surface area contributed by atoms with Crippen molar-refractivity contribution in [1.29, 1.82) is 0 Å². The topological polar surface area (TPSA) is 101 Å². The highest BCUT2D eigenvalue weighted by Crippen LogP contribution is 2.42. The van der Waals surface area contributed by atoms with Crippen molar-refractivity contribution in [3.63, 3.8) is 0 Å². The molecular weight excluding hydrogens is 464 g/mol. The Hall–Kier alpha value is -2.20. The monoisotopic (exact) mass is 488 g/mol. The van der Waals surface area contributed by atoms with Gasteiger partial charge in [-0.2, -0.15) is 5.10 Å². The van der Waals surface area contributed by atoms with Crippen LogP contribution in [-0.2, 0) is 14.3 Å². The zero-order chi connectivity index (χ0) is 23.0. The first-order valence-electron chi connectivity index (χ1n) is 11.2. The van der Waals surface area contributed by atoms with E-state index in [0.717, 1.165) is 24.1 Å². The van der Waals surface area contributed by atoms with E-state index < -0.39 is 11.6 Å². The number of thiophene rings is 1. The maximum atomic E-state index is 13.6. The van der Waals surface area contributed by atoms with Crippen LogP contribution in [0.4, 0.5) is 0 Å². The molecule has 33 heavy (non-hydrogen) atoms. The van der Waals surface area contributed by atoms with E-state index in [-0.39, 0.29) is 42.1 Å². The Morgan fingerprint density at radius 2 is 2.06 bits per heavy atom. The van der Waals surface area contributed by atoms with Crippen LogP contribution in [0.15, 0.2) is 30.5 Å². The minimum absolute atomic E-state index is 0.0138. The molecule has 3 fully saturated rings. The van der Waals surface area contributed by atoms with E-state index in [1.165, 1.54) is 11.3 Å². The predicted molar refractivity (Wildman–Crippen MR) is 123 cm³/mol. The molecule has 5 rings (SSSR count). The van der Waals surface area contributed by atoms with Gasteiger partial charge in [-0.1, -0.05) is 19.3 Å². The van der Waals surface area contributed by atoms with Crippen LogP contribution in [0, 0.1) is 0 Å². The molecule has 10 heteroatoms. The van der Waals surface area contributed by atoms with Gasteiger partial charge >= 0.3 is 0 Å². The van der Waals surface area contributed by atoms with E-state index in [2.05, 4.69) is 15.5 Å². The number of fused-ring (bicyclic) bond motifs is 1. The molecule has 0 spiro atoms. The van der Waals surface area contributed by atoms with E-state index in [0.29, 0.717) is 30.0 Å². The second-order valence-electron chi connectivity index (χ2n) is 8.83. The van der Waals surface area contributed by atoms with E-state index in [4.69, 9.17) is 16.3 Å². The molecule has 1 N–H and O–H groups in total. The molecule has 3 aliphatic rings. The first-order chi connectivity index (χ1) is 16.0. The molecule has 0 radical (unpaired) electrons. The van der Waals surface area contributed by atoms with Gasteiger partial charge in [0.2, 0.25) is 0 Å². The summed E-state index contributed by atoms with van der Waals surface area (Å²) in [6.45, 7) is 0.393. The smallest absolute Gasteiger partial charge is 0.261 e. The Labute approximate surface area is 200 Å². The Bertz CT molecular complexity index is 1060. The second kappa shape index (κ2) is 9.21. The first kappa shape index (κ1) is 22.6. The van der Waals surface area contributed by atoms with Crippen LogP contribution in [0.3, 0.4) is 0 Å². The molecule has 2 aromatic heterocycles. The highest BCUT2D eigenvalue weighted by Gasteiger charge is 2.58. The van der Waals surface area contributed by atoms with Crippen LogP contribution in [0.25, 0.3) is 10.6 Å². The van der Waals surface area contributed by atoms with E-state index >= 15 is 0 Å². The number of hydrogen-bond acceptors (Lipinski definition) is 8. The molecule has 0 bridgehead atoms. The van der Waals surface area contributed by atoms with Gasteiger partial charge in [0.25, 0.3) is 5.91 Å². The number of aromatic nitrogens is 2. The lowest BCUT2D eigenvalue weighted by molar-refractivity contribution is -0.136. The maximum absolute atomic E-state index is 13.6. The number of hydrogen-bond donors (Lipinski definition) is 1. The summed E-state index contributed by atoms with van der Waals surface area (Å²) in [5.41, 5.74) is -0.0942. The fourth-order valence-corrected chi connectivity index (χ4v) is 6.59. The van der Waals surface area contributed by atoms with Crippen LogP contribution < -0.4 is 5.32 Å². The van der Waals surface area contributed by atoms with E-state index in [9.17, 15) is 14.4 Å². The van der Waals surface area contributed by atoms with Gasteiger partial charge in [-0.25, -0.2) is 0 Å². The summed E-state index contributed by atoms with van der Waals surface area (Å²) in [7, 11) is 0. The number of rotatable bonds is 6. The van der Waals surface area contributed by atoms with Crippen LogP contribution >= 0.6 is 22.9 Å². The molecule has 3 atom stereocenters. The zero-order valence-electron chi connectivity index (χ0n) is 18.0. The highest BCUT2D eigenvalue weighted by atomic mass is 35.5. The van der Waals surface area contributed by atoms with Crippen molar-refractivity contribution in [1.82, 2.24) is 20.4 Å². The third-order valence-corrected chi connectivity index (χ3v) is 8.43. The lowest BCUT2D eigenvalue weighted by Crippen LogP contribution is -2.61. The molecule has 1 saturated carbocycles. The minimum atomic E-state index is -0.790. The molecular formula is C23H25ClN4O4S. The van der Waals surface area contributed by atoms with Gasteiger partial charge in [-0.3, -0.25) is 19.3 Å². The van der Waals surface area contributed by atoms with Gasteiger partial charge < -0.3 is 10.1 Å². The number of nitrogens with zero attached hydrogens (tertiary/aromatic N) is 3. The number of Topliss-reactive ketones (excluding diaryl/α,β-unsaturated/α-hetero) is 2. The molecule has 0 unspecified atom stereocenters. The maximum Gasteiger partial charge on any atom is 0.261 e. The summed E-state index contributed by atoms with van der Waals surface area (Å²) in [6.07, 6.45) is 5.42. The summed E-state index contributed by atoms with van der Waals surface area (Å²) in [6, 6.07) is 6.70. The third kappa shape index (κ3) is 4.12. The Balaban J connectivity index is 1.30. The largest absolute Gasteiger partial charge is 0.367 e. The lowest BCUT2D eigenvalue weighted by Gasteiger charge is -2.45. The number of amides is 1. The molecule has 0 aromatic carbocycles. The van der Waals surface area contributed by atoms with Crippen molar-refractivity contribution in [2.24, 2.45) is 0 Å². The average molecular weight is 489 g/mol. The van der Waals surface area contributed by atoms with Crippen LogP contribution in [0.1, 0.15) is 41.8 Å². The number of likely N-dealkylation sites (tertiary alicyclic amines) is 1. The fraction of sp³-hybridized carbons (Fsp3) is 0.522. The molecule has 174 valence electrons. The van der Waals surface area contributed by atoms with Crippen molar-refractivity contribution >= 4 is 40.4 Å². The van der Waals surface area contributed by atoms with Gasteiger partial charge in [0, 0.05) is 12.7 Å². The van der Waals surface area contributed by atoms with Crippen LogP contribution in [0.5, 0.6) is 0 Å². The number of carbonyl (C=O) groups is 3. The Morgan fingerprint density at radius 1 is 1.24 bits per heavy atom. The van der Waals surface area contributed by atoms with Crippen LogP contribution in [0.2, 0.25) is 0 Å². The quantitative estimate of drug-likeness (QED) is 0.623. The number of nitrogens with one attached hydrogen (secondary N) is 1. The van der Waals surface area contributed by atoms with Crippen molar-refractivity contribution < 1.29 is 19.1 Å². The SMILES string of the molecule is O=C(NCC(=O)C1(N2C[C@H](Cl)[C@H]3OCC(=O)[C@H]32)CCCCC1)c1ccc(-c2cccnn2)s1. The number of ether oxygens (including phenoxy) is 1. The van der Waals surface area contributed by atoms with Crippen molar-refractivity contribution in [3.05, 3.63) is 35.3 Å². The Kier molecular flexibility index (Phi) is 6.30. The molecule has 1 amide bonds. The van der Waals surface area contributed by atoms with Gasteiger partial charge in [0.15, 0.2) is 11.6 Å². The molecule has 2 saturated heterocycles. The highest BCUT2D eigenvalue weighted by molar-refractivity contribution is 7.17. The number of ketones is 2. The summed E-state index contributed by atoms with van der Waals surface area (Å²) in [4.78, 5) is 42.3. The van der Waals surface area contributed by atoms with Crippen molar-refractivity contribution in [3.8, 4) is 10.6 Å². The summed E-state index contributed by atoms with van der Waals surface area (Å²) >= 11 is 7.82. The van der Waals surface area contributed by atoms with Crippen molar-refractivity contribution in [2.45, 2.75) is 55.2 Å². The zero-order valence-corrected chi connectivity index (χ0v) is 19.6. The predicted octanol–water partition coefficient (Wildman–Crippen LogP) is 2.47. The lowest BCUT2D eigenvalue weighted by atomic mass is 9.76. The minimum Gasteiger partial charge on any atom is -0.367 e.